The molecule has 1 aliphatic rings. The monoisotopic (exact) mass is 452 g/mol. The number of benzene rings is 2. The SMILES string of the molecule is Cc1ccn(C2OC(COC(=O)c3ccccc3)C(OC(=O)c3ccccc3)C2F)c(=O)n1. The Bertz CT molecular complexity index is 1180. The highest BCUT2D eigenvalue weighted by Gasteiger charge is 2.49. The fourth-order valence-electron chi connectivity index (χ4n) is 3.47. The Morgan fingerprint density at radius 3 is 2.21 bits per heavy atom. The Balaban J connectivity index is 1.56. The van der Waals surface area contributed by atoms with Gasteiger partial charge in [0.2, 0.25) is 0 Å². The number of rotatable bonds is 6. The Labute approximate surface area is 188 Å². The van der Waals surface area contributed by atoms with Crippen molar-refractivity contribution in [1.82, 2.24) is 9.55 Å². The molecular weight excluding hydrogens is 431 g/mol. The molecule has 3 aromatic rings. The molecule has 33 heavy (non-hydrogen) atoms. The van der Waals surface area contributed by atoms with Crippen LogP contribution in [0.3, 0.4) is 0 Å². The summed E-state index contributed by atoms with van der Waals surface area (Å²) in [7, 11) is 0. The van der Waals surface area contributed by atoms with Crippen molar-refractivity contribution in [1.29, 1.82) is 0 Å². The van der Waals surface area contributed by atoms with Gasteiger partial charge in [-0.05, 0) is 37.3 Å². The third kappa shape index (κ3) is 4.98. The minimum atomic E-state index is -1.90. The first-order valence-corrected chi connectivity index (χ1v) is 10.3. The summed E-state index contributed by atoms with van der Waals surface area (Å²) in [4.78, 5) is 41.0. The Morgan fingerprint density at radius 2 is 1.61 bits per heavy atom. The maximum Gasteiger partial charge on any atom is 0.349 e. The van der Waals surface area contributed by atoms with Gasteiger partial charge in [-0.25, -0.2) is 18.8 Å². The van der Waals surface area contributed by atoms with E-state index in [4.69, 9.17) is 14.2 Å². The molecule has 170 valence electrons. The Morgan fingerprint density at radius 1 is 1.00 bits per heavy atom. The lowest BCUT2D eigenvalue weighted by Crippen LogP contribution is -2.37. The lowest BCUT2D eigenvalue weighted by Gasteiger charge is -2.19. The van der Waals surface area contributed by atoms with Crippen molar-refractivity contribution in [2.45, 2.75) is 31.5 Å². The van der Waals surface area contributed by atoms with E-state index < -0.39 is 42.2 Å². The van der Waals surface area contributed by atoms with E-state index in [1.54, 1.807) is 55.5 Å². The summed E-state index contributed by atoms with van der Waals surface area (Å²) in [5.41, 5.74) is 0.283. The number of aromatic nitrogens is 2. The van der Waals surface area contributed by atoms with Gasteiger partial charge in [0, 0.05) is 11.9 Å². The molecule has 0 aliphatic carbocycles. The van der Waals surface area contributed by atoms with Crippen molar-refractivity contribution in [2.24, 2.45) is 0 Å². The van der Waals surface area contributed by atoms with E-state index in [-0.39, 0.29) is 12.2 Å². The van der Waals surface area contributed by atoms with Crippen LogP contribution < -0.4 is 5.69 Å². The van der Waals surface area contributed by atoms with Crippen LogP contribution in [0.2, 0.25) is 0 Å². The topological polar surface area (TPSA) is 96.7 Å². The molecule has 4 atom stereocenters. The molecule has 8 nitrogen and oxygen atoms in total. The number of hydrogen-bond acceptors (Lipinski definition) is 7. The van der Waals surface area contributed by atoms with E-state index in [9.17, 15) is 14.4 Å². The van der Waals surface area contributed by atoms with Crippen LogP contribution in [0.25, 0.3) is 0 Å². The average molecular weight is 452 g/mol. The summed E-state index contributed by atoms with van der Waals surface area (Å²) < 4.78 is 32.9. The van der Waals surface area contributed by atoms with Gasteiger partial charge in [0.1, 0.15) is 12.7 Å². The van der Waals surface area contributed by atoms with Crippen LogP contribution in [-0.4, -0.2) is 46.5 Å². The second-order valence-electron chi connectivity index (χ2n) is 7.47. The van der Waals surface area contributed by atoms with E-state index in [2.05, 4.69) is 4.98 Å². The van der Waals surface area contributed by atoms with Crippen LogP contribution in [-0.2, 0) is 14.2 Å². The van der Waals surface area contributed by atoms with E-state index in [1.807, 2.05) is 0 Å². The maximum absolute atomic E-state index is 15.5. The molecular formula is C24H21FN2O6. The van der Waals surface area contributed by atoms with Gasteiger partial charge in [0.05, 0.1) is 11.1 Å². The molecule has 1 fully saturated rings. The number of alkyl halides is 1. The zero-order chi connectivity index (χ0) is 23.4. The molecule has 0 bridgehead atoms. The van der Waals surface area contributed by atoms with Crippen LogP contribution in [0.15, 0.2) is 77.7 Å². The standard InChI is InChI=1S/C24H21FN2O6/c1-15-12-13-27(24(30)26-15)21-19(25)20(33-23(29)17-10-6-3-7-11-17)18(32-21)14-31-22(28)16-8-4-2-5-9-16/h2-13,18-21H,14H2,1H3. The summed E-state index contributed by atoms with van der Waals surface area (Å²) in [5.74, 6) is -1.40. The number of esters is 2. The zero-order valence-corrected chi connectivity index (χ0v) is 17.7. The van der Waals surface area contributed by atoms with Gasteiger partial charge in [0.25, 0.3) is 0 Å². The first-order chi connectivity index (χ1) is 15.9. The highest BCUT2D eigenvalue weighted by Crippen LogP contribution is 2.34. The van der Waals surface area contributed by atoms with Crippen molar-refractivity contribution < 1.29 is 28.2 Å². The fraction of sp³-hybridized carbons (Fsp3) is 0.250. The number of carbonyl (C=O) groups is 2. The summed E-state index contributed by atoms with van der Waals surface area (Å²) in [6, 6.07) is 17.9. The number of halogens is 1. The first-order valence-electron chi connectivity index (χ1n) is 10.3. The number of nitrogens with zero attached hydrogens (tertiary/aromatic N) is 2. The number of hydrogen-bond donors (Lipinski definition) is 0. The summed E-state index contributed by atoms with van der Waals surface area (Å²) in [6.45, 7) is 1.25. The lowest BCUT2D eigenvalue weighted by molar-refractivity contribution is -0.0592. The van der Waals surface area contributed by atoms with Crippen LogP contribution >= 0.6 is 0 Å². The predicted octanol–water partition coefficient (Wildman–Crippen LogP) is 2.87. The van der Waals surface area contributed by atoms with Crippen molar-refractivity contribution in [3.8, 4) is 0 Å². The van der Waals surface area contributed by atoms with Gasteiger partial charge < -0.3 is 14.2 Å². The van der Waals surface area contributed by atoms with Crippen molar-refractivity contribution in [2.75, 3.05) is 6.61 Å². The minimum absolute atomic E-state index is 0.224. The quantitative estimate of drug-likeness (QED) is 0.531. The summed E-state index contributed by atoms with van der Waals surface area (Å²) in [6.07, 6.45) is -4.51. The van der Waals surface area contributed by atoms with Gasteiger partial charge in [0.15, 0.2) is 18.5 Å². The highest BCUT2D eigenvalue weighted by molar-refractivity contribution is 5.90. The third-order valence-electron chi connectivity index (χ3n) is 5.15. The molecule has 2 aromatic carbocycles. The molecule has 2 heterocycles. The first kappa shape index (κ1) is 22.3. The van der Waals surface area contributed by atoms with Crippen LogP contribution in [0.1, 0.15) is 32.6 Å². The largest absolute Gasteiger partial charge is 0.459 e. The second kappa shape index (κ2) is 9.74. The van der Waals surface area contributed by atoms with Gasteiger partial charge in [-0.1, -0.05) is 36.4 Å². The number of carbonyl (C=O) groups excluding carboxylic acids is 2. The molecule has 0 radical (unpaired) electrons. The fourth-order valence-corrected chi connectivity index (χ4v) is 3.47. The summed E-state index contributed by atoms with van der Waals surface area (Å²) >= 11 is 0. The molecule has 1 saturated heterocycles. The van der Waals surface area contributed by atoms with E-state index in [0.717, 1.165) is 4.57 Å². The van der Waals surface area contributed by atoms with Gasteiger partial charge in [-0.3, -0.25) is 4.57 Å². The molecule has 1 aromatic heterocycles. The molecule has 0 saturated carbocycles. The van der Waals surface area contributed by atoms with Crippen LogP contribution in [0.5, 0.6) is 0 Å². The molecule has 0 N–H and O–H groups in total. The molecule has 0 amide bonds. The smallest absolute Gasteiger partial charge is 0.349 e. The Hall–Kier alpha value is -3.85. The van der Waals surface area contributed by atoms with Crippen LogP contribution in [0, 0.1) is 6.92 Å². The molecule has 4 rings (SSSR count). The van der Waals surface area contributed by atoms with Crippen LogP contribution in [0.4, 0.5) is 4.39 Å². The molecule has 0 spiro atoms. The normalized spacial score (nSPS) is 22.0. The van der Waals surface area contributed by atoms with E-state index >= 15 is 4.39 Å². The summed E-state index contributed by atoms with van der Waals surface area (Å²) in [5, 5.41) is 0. The second-order valence-corrected chi connectivity index (χ2v) is 7.47. The van der Waals surface area contributed by atoms with Crippen molar-refractivity contribution >= 4 is 11.9 Å². The molecule has 1 aliphatic heterocycles. The molecule has 4 unspecified atom stereocenters. The van der Waals surface area contributed by atoms with E-state index in [0.29, 0.717) is 11.3 Å². The highest BCUT2D eigenvalue weighted by atomic mass is 19.1. The van der Waals surface area contributed by atoms with E-state index in [1.165, 1.54) is 24.4 Å². The van der Waals surface area contributed by atoms with Gasteiger partial charge in [-0.2, -0.15) is 4.98 Å². The zero-order valence-electron chi connectivity index (χ0n) is 17.7. The van der Waals surface area contributed by atoms with Gasteiger partial charge in [-0.15, -0.1) is 0 Å². The van der Waals surface area contributed by atoms with Crippen molar-refractivity contribution in [3.63, 3.8) is 0 Å². The Kier molecular flexibility index (Phi) is 6.60. The average Bonchev–Trinajstić information content (AvgIpc) is 3.13. The minimum Gasteiger partial charge on any atom is -0.459 e. The lowest BCUT2D eigenvalue weighted by atomic mass is 10.1. The van der Waals surface area contributed by atoms with Crippen molar-refractivity contribution in [3.05, 3.63) is 100 Å². The third-order valence-corrected chi connectivity index (χ3v) is 5.15. The number of ether oxygens (including phenoxy) is 3. The molecule has 9 heteroatoms. The van der Waals surface area contributed by atoms with Gasteiger partial charge >= 0.3 is 17.6 Å². The maximum atomic E-state index is 15.5. The number of aryl methyl sites for hydroxylation is 1. The predicted molar refractivity (Wildman–Crippen MR) is 114 cm³/mol.